The molecule has 0 bridgehead atoms. The van der Waals surface area contributed by atoms with Crippen LogP contribution in [-0.4, -0.2) is 51.7 Å². The van der Waals surface area contributed by atoms with Crippen LogP contribution in [0, 0.1) is 0 Å². The van der Waals surface area contributed by atoms with Gasteiger partial charge in [0.1, 0.15) is 12.1 Å². The molecule has 180 valence electrons. The SMILES string of the molecule is CC(C)N1CCN(c2ccc(Nc3cc4ncn(-c5c(Cl)cccc5Cl)c(=O)c4cn3)cc2)CC1. The van der Waals surface area contributed by atoms with Gasteiger partial charge in [-0.05, 0) is 50.2 Å². The number of rotatable bonds is 5. The van der Waals surface area contributed by atoms with E-state index in [1.165, 1.54) is 22.8 Å². The lowest BCUT2D eigenvalue weighted by atomic mass is 10.2. The fraction of sp³-hybridized carbons (Fsp3) is 0.269. The molecule has 0 aliphatic carbocycles. The number of piperazine rings is 1. The highest BCUT2D eigenvalue weighted by molar-refractivity contribution is 6.37. The molecule has 1 fully saturated rings. The van der Waals surface area contributed by atoms with Crippen molar-refractivity contribution in [1.82, 2.24) is 19.4 Å². The predicted molar refractivity (Wildman–Crippen MR) is 144 cm³/mol. The van der Waals surface area contributed by atoms with E-state index in [-0.39, 0.29) is 5.56 Å². The average molecular weight is 509 g/mol. The zero-order chi connectivity index (χ0) is 24.5. The summed E-state index contributed by atoms with van der Waals surface area (Å²) in [6, 6.07) is 15.8. The Morgan fingerprint density at radius 3 is 2.29 bits per heavy atom. The molecule has 0 radical (unpaired) electrons. The number of anilines is 3. The molecule has 0 atom stereocenters. The topological polar surface area (TPSA) is 66.3 Å². The van der Waals surface area contributed by atoms with Crippen molar-refractivity contribution in [1.29, 1.82) is 0 Å². The summed E-state index contributed by atoms with van der Waals surface area (Å²) in [5.74, 6) is 0.608. The number of nitrogens with one attached hydrogen (secondary N) is 1. The summed E-state index contributed by atoms with van der Waals surface area (Å²) < 4.78 is 1.35. The van der Waals surface area contributed by atoms with Gasteiger partial charge in [0.15, 0.2) is 0 Å². The van der Waals surface area contributed by atoms with E-state index >= 15 is 0 Å². The Kier molecular flexibility index (Phi) is 6.65. The van der Waals surface area contributed by atoms with Crippen LogP contribution in [0.25, 0.3) is 16.6 Å². The molecule has 0 unspecified atom stereocenters. The third-order valence-electron chi connectivity index (χ3n) is 6.37. The molecule has 2 aromatic heterocycles. The van der Waals surface area contributed by atoms with Gasteiger partial charge in [0.2, 0.25) is 0 Å². The number of halogens is 2. The first-order chi connectivity index (χ1) is 16.9. The number of benzene rings is 2. The molecule has 1 aliphatic heterocycles. The maximum Gasteiger partial charge on any atom is 0.267 e. The Morgan fingerprint density at radius 1 is 0.943 bits per heavy atom. The molecular weight excluding hydrogens is 483 g/mol. The molecule has 0 saturated carbocycles. The van der Waals surface area contributed by atoms with Crippen molar-refractivity contribution in [3.63, 3.8) is 0 Å². The van der Waals surface area contributed by atoms with Gasteiger partial charge < -0.3 is 10.2 Å². The fourth-order valence-corrected chi connectivity index (χ4v) is 4.94. The first-order valence-electron chi connectivity index (χ1n) is 11.6. The Morgan fingerprint density at radius 2 is 1.63 bits per heavy atom. The summed E-state index contributed by atoms with van der Waals surface area (Å²) in [4.78, 5) is 26.9. The van der Waals surface area contributed by atoms with Crippen molar-refractivity contribution < 1.29 is 0 Å². The van der Waals surface area contributed by atoms with Gasteiger partial charge in [-0.15, -0.1) is 0 Å². The van der Waals surface area contributed by atoms with Crippen LogP contribution in [0.4, 0.5) is 17.2 Å². The number of nitrogens with zero attached hydrogens (tertiary/aromatic N) is 5. The molecule has 1 N–H and O–H groups in total. The van der Waals surface area contributed by atoms with Gasteiger partial charge in [0.05, 0.1) is 26.6 Å². The van der Waals surface area contributed by atoms with Crippen LogP contribution in [0.1, 0.15) is 13.8 Å². The van der Waals surface area contributed by atoms with Crippen LogP contribution in [0.15, 0.2) is 65.8 Å². The smallest absolute Gasteiger partial charge is 0.267 e. The summed E-state index contributed by atoms with van der Waals surface area (Å²) in [5, 5.41) is 4.43. The number of aromatic nitrogens is 3. The minimum atomic E-state index is -0.286. The molecule has 2 aromatic carbocycles. The Labute approximate surface area is 213 Å². The van der Waals surface area contributed by atoms with Crippen LogP contribution in [0.2, 0.25) is 10.0 Å². The monoisotopic (exact) mass is 508 g/mol. The summed E-state index contributed by atoms with van der Waals surface area (Å²) >= 11 is 12.6. The number of hydrogen-bond donors (Lipinski definition) is 1. The second-order valence-electron chi connectivity index (χ2n) is 8.87. The lowest BCUT2D eigenvalue weighted by Crippen LogP contribution is -2.48. The van der Waals surface area contributed by atoms with E-state index in [2.05, 4.69) is 51.1 Å². The number of hydrogen-bond acceptors (Lipinski definition) is 6. The molecule has 4 aromatic rings. The molecular formula is C26H26Cl2N6O. The zero-order valence-corrected chi connectivity index (χ0v) is 21.1. The van der Waals surface area contributed by atoms with Crippen molar-refractivity contribution in [3.05, 3.63) is 81.5 Å². The van der Waals surface area contributed by atoms with Gasteiger partial charge >= 0.3 is 0 Å². The molecule has 5 rings (SSSR count). The standard InChI is InChI=1S/C26H26Cl2N6O/c1-17(2)32-10-12-33(13-11-32)19-8-6-18(7-9-19)31-24-14-23-20(15-29-24)26(35)34(16-30-23)25-21(27)4-3-5-22(25)28/h3-9,14-17H,10-13H2,1-2H3,(H,29,31). The highest BCUT2D eigenvalue weighted by Gasteiger charge is 2.19. The molecule has 1 saturated heterocycles. The van der Waals surface area contributed by atoms with Crippen LogP contribution in [-0.2, 0) is 0 Å². The van der Waals surface area contributed by atoms with Gasteiger partial charge in [0.25, 0.3) is 5.56 Å². The second kappa shape index (κ2) is 9.85. The summed E-state index contributed by atoms with van der Waals surface area (Å²) in [7, 11) is 0. The minimum Gasteiger partial charge on any atom is -0.369 e. The number of fused-ring (bicyclic) bond motifs is 1. The van der Waals surface area contributed by atoms with Gasteiger partial charge in [-0.1, -0.05) is 29.3 Å². The largest absolute Gasteiger partial charge is 0.369 e. The van der Waals surface area contributed by atoms with E-state index in [1.54, 1.807) is 24.3 Å². The molecule has 3 heterocycles. The summed E-state index contributed by atoms with van der Waals surface area (Å²) in [5.41, 5.74) is 2.78. The molecule has 0 spiro atoms. The number of pyridine rings is 1. The van der Waals surface area contributed by atoms with E-state index in [0.29, 0.717) is 38.5 Å². The third kappa shape index (κ3) is 4.85. The molecule has 7 nitrogen and oxygen atoms in total. The highest BCUT2D eigenvalue weighted by Crippen LogP contribution is 2.28. The quantitative estimate of drug-likeness (QED) is 0.391. The van der Waals surface area contributed by atoms with Gasteiger partial charge in [-0.25, -0.2) is 9.97 Å². The molecule has 35 heavy (non-hydrogen) atoms. The van der Waals surface area contributed by atoms with E-state index in [1.807, 2.05) is 12.1 Å². The Hall–Kier alpha value is -3.13. The fourth-order valence-electron chi connectivity index (χ4n) is 4.37. The van der Waals surface area contributed by atoms with Crippen molar-refractivity contribution in [2.75, 3.05) is 36.4 Å². The van der Waals surface area contributed by atoms with E-state index < -0.39 is 0 Å². The highest BCUT2D eigenvalue weighted by atomic mass is 35.5. The van der Waals surface area contributed by atoms with E-state index in [0.717, 1.165) is 31.9 Å². The van der Waals surface area contributed by atoms with Gasteiger partial charge in [0, 0.05) is 55.9 Å². The lowest BCUT2D eigenvalue weighted by molar-refractivity contribution is 0.209. The normalized spacial score (nSPS) is 14.6. The van der Waals surface area contributed by atoms with Gasteiger partial charge in [-0.2, -0.15) is 0 Å². The second-order valence-corrected chi connectivity index (χ2v) is 9.68. The molecule has 0 amide bonds. The Balaban J connectivity index is 1.33. The van der Waals surface area contributed by atoms with Gasteiger partial charge in [-0.3, -0.25) is 14.3 Å². The maximum atomic E-state index is 13.1. The van der Waals surface area contributed by atoms with Crippen LogP contribution in [0.3, 0.4) is 0 Å². The third-order valence-corrected chi connectivity index (χ3v) is 6.98. The maximum absolute atomic E-state index is 13.1. The summed E-state index contributed by atoms with van der Waals surface area (Å²) in [6.07, 6.45) is 2.96. The van der Waals surface area contributed by atoms with Crippen LogP contribution in [0.5, 0.6) is 0 Å². The molecule has 9 heteroatoms. The summed E-state index contributed by atoms with van der Waals surface area (Å²) in [6.45, 7) is 8.71. The molecule has 1 aliphatic rings. The van der Waals surface area contributed by atoms with Crippen LogP contribution >= 0.6 is 23.2 Å². The minimum absolute atomic E-state index is 0.286. The number of para-hydroxylation sites is 1. The predicted octanol–water partition coefficient (Wildman–Crippen LogP) is 5.36. The first kappa shape index (κ1) is 23.6. The zero-order valence-electron chi connectivity index (χ0n) is 19.6. The van der Waals surface area contributed by atoms with Crippen molar-refractivity contribution >= 4 is 51.3 Å². The van der Waals surface area contributed by atoms with E-state index in [4.69, 9.17) is 23.2 Å². The van der Waals surface area contributed by atoms with Crippen molar-refractivity contribution in [2.45, 2.75) is 19.9 Å². The lowest BCUT2D eigenvalue weighted by Gasteiger charge is -2.38. The first-order valence-corrected chi connectivity index (χ1v) is 12.3. The van der Waals surface area contributed by atoms with Crippen molar-refractivity contribution in [3.8, 4) is 5.69 Å². The average Bonchev–Trinajstić information content (AvgIpc) is 2.86. The Bertz CT molecular complexity index is 1390. The van der Waals surface area contributed by atoms with Crippen LogP contribution < -0.4 is 15.8 Å². The van der Waals surface area contributed by atoms with Crippen molar-refractivity contribution in [2.24, 2.45) is 0 Å². The van der Waals surface area contributed by atoms with E-state index in [9.17, 15) is 4.79 Å².